The van der Waals surface area contributed by atoms with Gasteiger partial charge in [0.25, 0.3) is 0 Å². The highest BCUT2D eigenvalue weighted by Crippen LogP contribution is 2.35. The average molecular weight is 482 g/mol. The van der Waals surface area contributed by atoms with Crippen molar-refractivity contribution in [3.63, 3.8) is 0 Å². The largest absolute Gasteiger partial charge is 0.358 e. The number of carbonyl (C=O) groups excluding carboxylic acids is 1. The Hall–Kier alpha value is -2.64. The number of aromatic amines is 1. The van der Waals surface area contributed by atoms with Gasteiger partial charge in [0.1, 0.15) is 0 Å². The van der Waals surface area contributed by atoms with Crippen molar-refractivity contribution in [2.75, 3.05) is 26.2 Å². The van der Waals surface area contributed by atoms with Crippen LogP contribution in [-0.4, -0.2) is 54.7 Å². The fourth-order valence-corrected chi connectivity index (χ4v) is 6.65. The number of aromatic nitrogens is 1. The van der Waals surface area contributed by atoms with Gasteiger partial charge in [-0.25, -0.2) is 8.42 Å². The first-order chi connectivity index (χ1) is 16.3. The summed E-state index contributed by atoms with van der Waals surface area (Å²) in [7, 11) is -3.45. The van der Waals surface area contributed by atoms with Gasteiger partial charge in [-0.05, 0) is 61.4 Å². The van der Waals surface area contributed by atoms with Crippen molar-refractivity contribution in [3.05, 3.63) is 65.4 Å². The zero-order valence-corrected chi connectivity index (χ0v) is 21.2. The van der Waals surface area contributed by atoms with E-state index in [0.717, 1.165) is 31.5 Å². The number of para-hydroxylation sites is 1. The molecular weight excluding hydrogens is 446 g/mol. The van der Waals surface area contributed by atoms with E-state index in [1.165, 1.54) is 26.5 Å². The van der Waals surface area contributed by atoms with Crippen LogP contribution in [0.1, 0.15) is 55.8 Å². The summed E-state index contributed by atoms with van der Waals surface area (Å²) >= 11 is 0. The van der Waals surface area contributed by atoms with Crippen LogP contribution < -0.4 is 0 Å². The van der Waals surface area contributed by atoms with Gasteiger partial charge < -0.3 is 9.88 Å². The quantitative estimate of drug-likeness (QED) is 0.500. The van der Waals surface area contributed by atoms with Crippen LogP contribution in [0, 0.1) is 6.92 Å². The molecular formula is C27H35N3O3S. The molecule has 4 rings (SSSR count). The Labute approximate surface area is 203 Å². The molecule has 1 aliphatic rings. The fourth-order valence-electron chi connectivity index (χ4n) is 5.19. The van der Waals surface area contributed by atoms with Crippen LogP contribution in [0.4, 0.5) is 0 Å². The van der Waals surface area contributed by atoms with Crippen molar-refractivity contribution in [1.82, 2.24) is 14.2 Å². The lowest BCUT2D eigenvalue weighted by Gasteiger charge is -2.32. The molecule has 1 amide bonds. The number of carbonyl (C=O) groups is 1. The normalized spacial score (nSPS) is 15.4. The van der Waals surface area contributed by atoms with E-state index in [-0.39, 0.29) is 5.91 Å². The Morgan fingerprint density at radius 1 is 1.03 bits per heavy atom. The van der Waals surface area contributed by atoms with Crippen molar-refractivity contribution in [2.45, 2.75) is 57.3 Å². The number of nitrogens with one attached hydrogen (secondary N) is 1. The van der Waals surface area contributed by atoms with E-state index in [2.05, 4.69) is 36.2 Å². The summed E-state index contributed by atoms with van der Waals surface area (Å²) in [4.78, 5) is 18.6. The Morgan fingerprint density at radius 2 is 1.68 bits per heavy atom. The summed E-state index contributed by atoms with van der Waals surface area (Å²) in [5.41, 5.74) is 4.81. The lowest BCUT2D eigenvalue weighted by atomic mass is 9.87. The van der Waals surface area contributed by atoms with Gasteiger partial charge in [-0.3, -0.25) is 4.79 Å². The molecule has 34 heavy (non-hydrogen) atoms. The number of hydrogen-bond acceptors (Lipinski definition) is 3. The Bertz CT molecular complexity index is 1240. The zero-order chi connectivity index (χ0) is 24.3. The molecule has 182 valence electrons. The highest BCUT2D eigenvalue weighted by Gasteiger charge is 2.27. The first kappa shape index (κ1) is 24.5. The second-order valence-electron chi connectivity index (χ2n) is 9.10. The van der Waals surface area contributed by atoms with Crippen molar-refractivity contribution >= 4 is 26.8 Å². The molecule has 7 heteroatoms. The number of H-pyrrole nitrogens is 1. The molecule has 0 bridgehead atoms. The van der Waals surface area contributed by atoms with E-state index < -0.39 is 10.0 Å². The highest BCUT2D eigenvalue weighted by molar-refractivity contribution is 7.89. The number of sulfonamides is 1. The fraction of sp³-hybridized carbons (Fsp3) is 0.444. The summed E-state index contributed by atoms with van der Waals surface area (Å²) in [6, 6.07) is 15.4. The molecule has 2 aromatic carbocycles. The molecule has 1 aliphatic heterocycles. The predicted molar refractivity (Wildman–Crippen MR) is 136 cm³/mol. The van der Waals surface area contributed by atoms with Crippen molar-refractivity contribution in [3.8, 4) is 0 Å². The number of hydrogen-bond donors (Lipinski definition) is 1. The number of aryl methyl sites for hydroxylation is 2. The Balaban J connectivity index is 1.32. The van der Waals surface area contributed by atoms with E-state index in [0.29, 0.717) is 36.7 Å². The molecule has 6 nitrogen and oxygen atoms in total. The van der Waals surface area contributed by atoms with Gasteiger partial charge in [0, 0.05) is 49.2 Å². The first-order valence-corrected chi connectivity index (χ1v) is 13.7. The standard InChI is InChI=1S/C27H35N3O3S/c1-4-30(5-2)34(32,33)23-13-10-21(11-14-23)12-15-26(31)29-18-16-22(17-19-29)27-20(3)28-25-9-7-6-8-24(25)27/h6-11,13-14,22,28H,4-5,12,15-19H2,1-3H3. The first-order valence-electron chi connectivity index (χ1n) is 12.3. The van der Waals surface area contributed by atoms with Gasteiger partial charge in [-0.1, -0.05) is 44.2 Å². The van der Waals surface area contributed by atoms with Crippen LogP contribution >= 0.6 is 0 Å². The van der Waals surface area contributed by atoms with E-state index in [1.807, 2.05) is 30.9 Å². The molecule has 1 N–H and O–H groups in total. The van der Waals surface area contributed by atoms with E-state index >= 15 is 0 Å². The van der Waals surface area contributed by atoms with Crippen molar-refractivity contribution in [1.29, 1.82) is 0 Å². The number of benzene rings is 2. The molecule has 1 saturated heterocycles. The maximum absolute atomic E-state index is 12.9. The van der Waals surface area contributed by atoms with E-state index in [1.54, 1.807) is 12.1 Å². The Morgan fingerprint density at radius 3 is 2.32 bits per heavy atom. The molecule has 1 aromatic heterocycles. The lowest BCUT2D eigenvalue weighted by Crippen LogP contribution is -2.38. The van der Waals surface area contributed by atoms with E-state index in [4.69, 9.17) is 0 Å². The Kier molecular flexibility index (Phi) is 7.43. The second kappa shape index (κ2) is 10.3. The maximum atomic E-state index is 12.9. The molecule has 1 fully saturated rings. The third-order valence-corrected chi connectivity index (χ3v) is 9.16. The predicted octanol–water partition coefficient (Wildman–Crippen LogP) is 4.85. The number of rotatable bonds is 8. The van der Waals surface area contributed by atoms with Gasteiger partial charge >= 0.3 is 0 Å². The summed E-state index contributed by atoms with van der Waals surface area (Å²) in [5.74, 6) is 0.648. The van der Waals surface area contributed by atoms with Gasteiger partial charge in [-0.15, -0.1) is 0 Å². The van der Waals surface area contributed by atoms with E-state index in [9.17, 15) is 13.2 Å². The molecule has 0 atom stereocenters. The van der Waals surface area contributed by atoms with Gasteiger partial charge in [0.15, 0.2) is 0 Å². The van der Waals surface area contributed by atoms with Gasteiger partial charge in [0.05, 0.1) is 4.90 Å². The van der Waals surface area contributed by atoms with Crippen LogP contribution in [0.3, 0.4) is 0 Å². The minimum absolute atomic E-state index is 0.175. The smallest absolute Gasteiger partial charge is 0.243 e. The minimum atomic E-state index is -3.45. The minimum Gasteiger partial charge on any atom is -0.358 e. The molecule has 2 heterocycles. The summed E-state index contributed by atoms with van der Waals surface area (Å²) in [6.45, 7) is 8.28. The highest BCUT2D eigenvalue weighted by atomic mass is 32.2. The maximum Gasteiger partial charge on any atom is 0.243 e. The number of fused-ring (bicyclic) bond motifs is 1. The van der Waals surface area contributed by atoms with Crippen LogP contribution in [0.5, 0.6) is 0 Å². The lowest BCUT2D eigenvalue weighted by molar-refractivity contribution is -0.132. The second-order valence-corrected chi connectivity index (χ2v) is 11.0. The molecule has 0 unspecified atom stereocenters. The monoisotopic (exact) mass is 481 g/mol. The van der Waals surface area contributed by atoms with Crippen LogP contribution in [-0.2, 0) is 21.2 Å². The summed E-state index contributed by atoms with van der Waals surface area (Å²) < 4.78 is 26.7. The molecule has 0 radical (unpaired) electrons. The average Bonchev–Trinajstić information content (AvgIpc) is 3.19. The molecule has 3 aromatic rings. The zero-order valence-electron chi connectivity index (χ0n) is 20.4. The number of amides is 1. The summed E-state index contributed by atoms with van der Waals surface area (Å²) in [5, 5.41) is 1.30. The van der Waals surface area contributed by atoms with Gasteiger partial charge in [-0.2, -0.15) is 4.31 Å². The molecule has 0 aliphatic carbocycles. The third kappa shape index (κ3) is 4.91. The van der Waals surface area contributed by atoms with Gasteiger partial charge in [0.2, 0.25) is 15.9 Å². The third-order valence-electron chi connectivity index (χ3n) is 7.09. The van der Waals surface area contributed by atoms with Crippen LogP contribution in [0.15, 0.2) is 53.4 Å². The number of piperidine rings is 1. The number of nitrogens with zero attached hydrogens (tertiary/aromatic N) is 2. The topological polar surface area (TPSA) is 73.5 Å². The summed E-state index contributed by atoms with van der Waals surface area (Å²) in [6.07, 6.45) is 3.02. The van der Waals surface area contributed by atoms with Crippen molar-refractivity contribution < 1.29 is 13.2 Å². The SMILES string of the molecule is CCN(CC)S(=O)(=O)c1ccc(CCC(=O)N2CCC(c3c(C)[nH]c4ccccc34)CC2)cc1. The number of likely N-dealkylation sites (tertiary alicyclic amines) is 1. The van der Waals surface area contributed by atoms with Crippen molar-refractivity contribution in [2.24, 2.45) is 0 Å². The van der Waals surface area contributed by atoms with Crippen LogP contribution in [0.25, 0.3) is 10.9 Å². The van der Waals surface area contributed by atoms with Crippen LogP contribution in [0.2, 0.25) is 0 Å². The molecule has 0 spiro atoms. The molecule has 0 saturated carbocycles.